The van der Waals surface area contributed by atoms with E-state index in [1.165, 1.54) is 0 Å². The zero-order chi connectivity index (χ0) is 18.4. The topological polar surface area (TPSA) is 38.7 Å². The van der Waals surface area contributed by atoms with Gasteiger partial charge in [-0.3, -0.25) is 0 Å². The molecule has 0 bridgehead atoms. The Morgan fingerprint density at radius 2 is 1.36 bits per heavy atom. The first-order valence-electron chi connectivity index (χ1n) is 10.2. The Bertz CT molecular complexity index is 397. The summed E-state index contributed by atoms with van der Waals surface area (Å²) in [6.45, 7) is 7.52. The Labute approximate surface area is 154 Å². The van der Waals surface area contributed by atoms with E-state index in [0.717, 1.165) is 63.5 Å². The summed E-state index contributed by atoms with van der Waals surface area (Å²) in [7, 11) is 0. The summed E-state index contributed by atoms with van der Waals surface area (Å²) in [5, 5.41) is 10.9. The Morgan fingerprint density at radius 3 is 1.84 bits per heavy atom. The van der Waals surface area contributed by atoms with Crippen molar-refractivity contribution in [3.63, 3.8) is 0 Å². The molecule has 1 unspecified atom stereocenters. The van der Waals surface area contributed by atoms with Crippen molar-refractivity contribution in [3.8, 4) is 5.75 Å². The minimum atomic E-state index is -0.698. The van der Waals surface area contributed by atoms with Crippen LogP contribution in [0.5, 0.6) is 5.75 Å². The lowest BCUT2D eigenvalue weighted by Crippen LogP contribution is -2.38. The monoisotopic (exact) mass is 350 g/mol. The van der Waals surface area contributed by atoms with Crippen LogP contribution >= 0.6 is 0 Å². The summed E-state index contributed by atoms with van der Waals surface area (Å²) in [5.41, 5.74) is -0.102. The van der Waals surface area contributed by atoms with E-state index in [1.54, 1.807) is 0 Å². The minimum Gasteiger partial charge on any atom is -0.491 e. The van der Waals surface area contributed by atoms with Crippen molar-refractivity contribution >= 4 is 0 Å². The van der Waals surface area contributed by atoms with Crippen molar-refractivity contribution in [2.24, 2.45) is 5.41 Å². The number of hydrogen-bond donors (Lipinski definition) is 1. The smallest absolute Gasteiger partial charge is 0.160 e. The molecule has 0 aromatic heterocycles. The van der Waals surface area contributed by atoms with E-state index in [-0.39, 0.29) is 5.41 Å². The van der Waals surface area contributed by atoms with E-state index in [2.05, 4.69) is 20.8 Å². The predicted octanol–water partition coefficient (Wildman–Crippen LogP) is 5.96. The molecule has 1 aromatic carbocycles. The van der Waals surface area contributed by atoms with E-state index in [0.29, 0.717) is 13.2 Å². The lowest BCUT2D eigenvalue weighted by molar-refractivity contribution is -0.188. The molecule has 0 saturated carbocycles. The highest BCUT2D eigenvalue weighted by Gasteiger charge is 2.37. The zero-order valence-electron chi connectivity index (χ0n) is 16.5. The molecule has 1 aromatic rings. The second kappa shape index (κ2) is 13.2. The second-order valence-corrected chi connectivity index (χ2v) is 7.06. The Morgan fingerprint density at radius 1 is 0.840 bits per heavy atom. The van der Waals surface area contributed by atoms with Gasteiger partial charge in [-0.1, -0.05) is 77.5 Å². The van der Waals surface area contributed by atoms with Gasteiger partial charge < -0.3 is 14.6 Å². The van der Waals surface area contributed by atoms with Gasteiger partial charge in [0.1, 0.15) is 12.4 Å². The van der Waals surface area contributed by atoms with Crippen molar-refractivity contribution < 1.29 is 14.6 Å². The summed E-state index contributed by atoms with van der Waals surface area (Å²) in [6.07, 6.45) is 9.35. The van der Waals surface area contributed by atoms with Crippen molar-refractivity contribution in [3.05, 3.63) is 30.3 Å². The van der Waals surface area contributed by atoms with Crippen LogP contribution in [0.3, 0.4) is 0 Å². The van der Waals surface area contributed by atoms with Crippen molar-refractivity contribution in [2.45, 2.75) is 84.8 Å². The molecule has 25 heavy (non-hydrogen) atoms. The molecule has 0 amide bonds. The highest BCUT2D eigenvalue weighted by Crippen LogP contribution is 2.40. The summed E-state index contributed by atoms with van der Waals surface area (Å²) in [4.78, 5) is 0. The van der Waals surface area contributed by atoms with Crippen LogP contribution in [0.4, 0.5) is 0 Å². The molecule has 1 atom stereocenters. The van der Waals surface area contributed by atoms with Crippen LogP contribution in [0.2, 0.25) is 0 Å². The van der Waals surface area contributed by atoms with Gasteiger partial charge in [0, 0.05) is 5.41 Å². The molecule has 0 heterocycles. The molecule has 3 heteroatoms. The van der Waals surface area contributed by atoms with Gasteiger partial charge in [-0.05, 0) is 31.4 Å². The molecule has 0 aliphatic rings. The van der Waals surface area contributed by atoms with Crippen LogP contribution in [0, 0.1) is 5.41 Å². The number of ether oxygens (including phenoxy) is 2. The van der Waals surface area contributed by atoms with Crippen LogP contribution in [-0.4, -0.2) is 24.6 Å². The lowest BCUT2D eigenvalue weighted by atomic mass is 9.73. The molecule has 3 nitrogen and oxygen atoms in total. The van der Waals surface area contributed by atoms with Gasteiger partial charge in [0.25, 0.3) is 0 Å². The Hall–Kier alpha value is -1.06. The second-order valence-electron chi connectivity index (χ2n) is 7.06. The first kappa shape index (κ1) is 22.0. The fraction of sp³-hybridized carbons (Fsp3) is 0.727. The highest BCUT2D eigenvalue weighted by atomic mass is 16.6. The third-order valence-electron chi connectivity index (χ3n) is 4.98. The fourth-order valence-electron chi connectivity index (χ4n) is 3.34. The number of rotatable bonds is 15. The van der Waals surface area contributed by atoms with Crippen LogP contribution in [0.25, 0.3) is 0 Å². The summed E-state index contributed by atoms with van der Waals surface area (Å²) in [5.74, 6) is 0.842. The standard InChI is InChI=1S/C22H38O3/c1-4-7-15-22(16-8-5-2,17-9-6-3)21(23)25-19-18-24-20-13-11-10-12-14-20/h10-14,21,23H,4-9,15-19H2,1-3H3. The van der Waals surface area contributed by atoms with E-state index in [9.17, 15) is 5.11 Å². The number of aliphatic hydroxyl groups excluding tert-OH is 1. The molecular formula is C22H38O3. The number of hydrogen-bond acceptors (Lipinski definition) is 3. The Balaban J connectivity index is 2.57. The number of unbranched alkanes of at least 4 members (excludes halogenated alkanes) is 3. The van der Waals surface area contributed by atoms with Gasteiger partial charge in [-0.25, -0.2) is 0 Å². The Kier molecular flexibility index (Phi) is 11.6. The normalized spacial score (nSPS) is 13.0. The molecule has 0 spiro atoms. The third kappa shape index (κ3) is 8.24. The van der Waals surface area contributed by atoms with Gasteiger partial charge in [-0.15, -0.1) is 0 Å². The maximum absolute atomic E-state index is 10.9. The third-order valence-corrected chi connectivity index (χ3v) is 4.98. The van der Waals surface area contributed by atoms with Gasteiger partial charge in [0.2, 0.25) is 0 Å². The number of benzene rings is 1. The molecule has 144 valence electrons. The van der Waals surface area contributed by atoms with Gasteiger partial charge in [-0.2, -0.15) is 0 Å². The van der Waals surface area contributed by atoms with Crippen LogP contribution < -0.4 is 4.74 Å². The van der Waals surface area contributed by atoms with Crippen molar-refractivity contribution in [1.29, 1.82) is 0 Å². The van der Waals surface area contributed by atoms with E-state index < -0.39 is 6.29 Å². The van der Waals surface area contributed by atoms with Crippen molar-refractivity contribution in [1.82, 2.24) is 0 Å². The highest BCUT2D eigenvalue weighted by molar-refractivity contribution is 5.20. The van der Waals surface area contributed by atoms with Gasteiger partial charge in [0.05, 0.1) is 6.61 Å². The fourth-order valence-corrected chi connectivity index (χ4v) is 3.34. The minimum absolute atomic E-state index is 0.102. The van der Waals surface area contributed by atoms with Crippen molar-refractivity contribution in [2.75, 3.05) is 13.2 Å². The van der Waals surface area contributed by atoms with E-state index in [4.69, 9.17) is 9.47 Å². The summed E-state index contributed by atoms with van der Waals surface area (Å²) >= 11 is 0. The van der Waals surface area contributed by atoms with Crippen LogP contribution in [-0.2, 0) is 4.74 Å². The molecule has 1 N–H and O–H groups in total. The molecule has 0 aliphatic carbocycles. The molecule has 0 saturated heterocycles. The SMILES string of the molecule is CCCCC(CCCC)(CCCC)C(O)OCCOc1ccccc1. The zero-order valence-corrected chi connectivity index (χ0v) is 16.5. The maximum Gasteiger partial charge on any atom is 0.160 e. The average Bonchev–Trinajstić information content (AvgIpc) is 2.65. The number of para-hydroxylation sites is 1. The molecule has 1 rings (SSSR count). The molecule has 0 aliphatic heterocycles. The van der Waals surface area contributed by atoms with Gasteiger partial charge in [0.15, 0.2) is 6.29 Å². The summed E-state index contributed by atoms with van der Waals surface area (Å²) in [6, 6.07) is 9.75. The molecule has 0 radical (unpaired) electrons. The largest absolute Gasteiger partial charge is 0.491 e. The quantitative estimate of drug-likeness (QED) is 0.313. The first-order valence-corrected chi connectivity index (χ1v) is 10.2. The maximum atomic E-state index is 10.9. The van der Waals surface area contributed by atoms with Gasteiger partial charge >= 0.3 is 0 Å². The molecule has 0 fully saturated rings. The predicted molar refractivity (Wildman–Crippen MR) is 105 cm³/mol. The van der Waals surface area contributed by atoms with Crippen LogP contribution in [0.15, 0.2) is 30.3 Å². The molecular weight excluding hydrogens is 312 g/mol. The summed E-state index contributed by atoms with van der Waals surface area (Å²) < 4.78 is 11.5. The first-order chi connectivity index (χ1) is 12.2. The van der Waals surface area contributed by atoms with Crippen LogP contribution in [0.1, 0.15) is 78.6 Å². The van der Waals surface area contributed by atoms with E-state index in [1.807, 2.05) is 30.3 Å². The van der Waals surface area contributed by atoms with E-state index >= 15 is 0 Å². The average molecular weight is 351 g/mol. The lowest BCUT2D eigenvalue weighted by Gasteiger charge is -2.38. The number of aliphatic hydroxyl groups is 1.